The predicted molar refractivity (Wildman–Crippen MR) is 133 cm³/mol. The number of aliphatic carboxylic acids is 1. The van der Waals surface area contributed by atoms with Gasteiger partial charge < -0.3 is 15.3 Å². The van der Waals surface area contributed by atoms with Crippen LogP contribution >= 0.6 is 0 Å². The van der Waals surface area contributed by atoms with Crippen LogP contribution in [0.2, 0.25) is 0 Å². The van der Waals surface area contributed by atoms with Crippen molar-refractivity contribution in [1.29, 1.82) is 0 Å². The third kappa shape index (κ3) is 7.83. The molecule has 2 amide bonds. The lowest BCUT2D eigenvalue weighted by atomic mass is 9.84. The second-order valence-corrected chi connectivity index (χ2v) is 11.4. The fourth-order valence-electron chi connectivity index (χ4n) is 4.42. The van der Waals surface area contributed by atoms with Gasteiger partial charge in [0, 0.05) is 18.7 Å². The van der Waals surface area contributed by atoms with Gasteiger partial charge in [0.15, 0.2) is 0 Å². The van der Waals surface area contributed by atoms with E-state index in [-0.39, 0.29) is 41.4 Å². The van der Waals surface area contributed by atoms with Crippen molar-refractivity contribution in [3.05, 3.63) is 11.6 Å². The molecule has 2 unspecified atom stereocenters. The first-order valence-electron chi connectivity index (χ1n) is 12.3. The van der Waals surface area contributed by atoms with E-state index >= 15 is 0 Å². The molecule has 7 nitrogen and oxygen atoms in total. The molecule has 1 aliphatic heterocycles. The fourth-order valence-corrected chi connectivity index (χ4v) is 4.42. The van der Waals surface area contributed by atoms with E-state index in [1.165, 1.54) is 6.92 Å². The van der Waals surface area contributed by atoms with Gasteiger partial charge in [-0.2, -0.15) is 0 Å². The minimum atomic E-state index is -1.00. The molecule has 0 bridgehead atoms. The van der Waals surface area contributed by atoms with Crippen molar-refractivity contribution >= 4 is 17.8 Å². The summed E-state index contributed by atoms with van der Waals surface area (Å²) in [5, 5.41) is 12.4. The van der Waals surface area contributed by atoms with Crippen molar-refractivity contribution < 1.29 is 19.5 Å². The van der Waals surface area contributed by atoms with Gasteiger partial charge in [-0.3, -0.25) is 14.5 Å². The molecule has 1 aliphatic rings. The summed E-state index contributed by atoms with van der Waals surface area (Å²) in [6, 6.07) is -1.06. The van der Waals surface area contributed by atoms with Gasteiger partial charge in [0.05, 0.1) is 12.1 Å². The summed E-state index contributed by atoms with van der Waals surface area (Å²) in [7, 11) is 1.69. The zero-order valence-electron chi connectivity index (χ0n) is 22.4. The summed E-state index contributed by atoms with van der Waals surface area (Å²) in [6.45, 7) is 18.7. The number of hydrogen-bond acceptors (Lipinski definition) is 4. The second-order valence-electron chi connectivity index (χ2n) is 11.4. The van der Waals surface area contributed by atoms with Crippen molar-refractivity contribution in [3.8, 4) is 0 Å². The Morgan fingerprint density at radius 1 is 1.06 bits per heavy atom. The molecule has 1 rings (SSSR count). The zero-order chi connectivity index (χ0) is 25.7. The Labute approximate surface area is 201 Å². The molecule has 7 heteroatoms. The van der Waals surface area contributed by atoms with Crippen LogP contribution in [0.25, 0.3) is 0 Å². The Morgan fingerprint density at radius 3 is 2.09 bits per heavy atom. The molecule has 0 aliphatic carbocycles. The number of likely N-dealkylation sites (tertiary alicyclic amines) is 1. The second kappa shape index (κ2) is 12.0. The first-order chi connectivity index (χ1) is 15.1. The monoisotopic (exact) mass is 465 g/mol. The summed E-state index contributed by atoms with van der Waals surface area (Å²) in [6.07, 6.45) is 4.50. The van der Waals surface area contributed by atoms with E-state index in [4.69, 9.17) is 0 Å². The van der Waals surface area contributed by atoms with Crippen molar-refractivity contribution in [3.63, 3.8) is 0 Å². The Bertz CT molecular complexity index is 724. The lowest BCUT2D eigenvalue weighted by Crippen LogP contribution is -2.61. The largest absolute Gasteiger partial charge is 0.478 e. The van der Waals surface area contributed by atoms with Crippen molar-refractivity contribution in [2.75, 3.05) is 13.6 Å². The molecule has 1 saturated heterocycles. The molecular formula is C26H47N3O4. The standard InChI is InChI=1S/C26H47N3O4/c1-16(2)19(6)29-14-12-11-13-20(29)23(30)27-22(26(7,8)9)24(31)28(10)21(17(3)4)15-18(5)25(32)33/h15-17,19-22H,11-14H2,1-10H3,(H,27,30)(H,32,33)/b18-15+/t19?,20?,21-,22-/m1/s1. The molecule has 0 saturated carbocycles. The molecule has 0 aromatic rings. The molecule has 0 aromatic carbocycles. The summed E-state index contributed by atoms with van der Waals surface area (Å²) in [5.74, 6) is -0.852. The highest BCUT2D eigenvalue weighted by Crippen LogP contribution is 2.27. The zero-order valence-corrected chi connectivity index (χ0v) is 22.4. The van der Waals surface area contributed by atoms with Gasteiger partial charge >= 0.3 is 5.97 Å². The van der Waals surface area contributed by atoms with E-state index in [0.29, 0.717) is 5.92 Å². The average molecular weight is 466 g/mol. The van der Waals surface area contributed by atoms with Crippen LogP contribution in [0.5, 0.6) is 0 Å². The molecule has 0 aromatic heterocycles. The topological polar surface area (TPSA) is 90.0 Å². The van der Waals surface area contributed by atoms with Gasteiger partial charge in [0.2, 0.25) is 11.8 Å². The number of carbonyl (C=O) groups is 3. The quantitative estimate of drug-likeness (QED) is 0.504. The molecule has 0 radical (unpaired) electrons. The lowest BCUT2D eigenvalue weighted by Gasteiger charge is -2.42. The molecule has 190 valence electrons. The maximum Gasteiger partial charge on any atom is 0.331 e. The summed E-state index contributed by atoms with van der Waals surface area (Å²) in [5.41, 5.74) is -0.303. The van der Waals surface area contributed by atoms with Crippen LogP contribution in [0, 0.1) is 17.3 Å². The minimum Gasteiger partial charge on any atom is -0.478 e. The van der Waals surface area contributed by atoms with Crippen LogP contribution in [0.4, 0.5) is 0 Å². The Kier molecular flexibility index (Phi) is 10.6. The van der Waals surface area contributed by atoms with E-state index in [1.807, 2.05) is 34.6 Å². The van der Waals surface area contributed by atoms with Crippen molar-refractivity contribution in [2.24, 2.45) is 17.3 Å². The smallest absolute Gasteiger partial charge is 0.331 e. The number of hydrogen-bond donors (Lipinski definition) is 2. The highest BCUT2D eigenvalue weighted by Gasteiger charge is 2.40. The third-order valence-electron chi connectivity index (χ3n) is 6.97. The number of amides is 2. The van der Waals surface area contributed by atoms with Gasteiger partial charge in [-0.1, -0.05) is 61.0 Å². The average Bonchev–Trinajstić information content (AvgIpc) is 2.72. The lowest BCUT2D eigenvalue weighted by molar-refractivity contribution is -0.142. The highest BCUT2D eigenvalue weighted by molar-refractivity contribution is 5.91. The van der Waals surface area contributed by atoms with Gasteiger partial charge in [-0.05, 0) is 50.5 Å². The van der Waals surface area contributed by atoms with E-state index in [1.54, 1.807) is 18.0 Å². The maximum atomic E-state index is 13.6. The van der Waals surface area contributed by atoms with Gasteiger partial charge in [0.1, 0.15) is 6.04 Å². The maximum absolute atomic E-state index is 13.6. The van der Waals surface area contributed by atoms with Crippen molar-refractivity contribution in [1.82, 2.24) is 15.1 Å². The molecule has 1 fully saturated rings. The summed E-state index contributed by atoms with van der Waals surface area (Å²) < 4.78 is 0. The summed E-state index contributed by atoms with van der Waals surface area (Å²) in [4.78, 5) is 42.4. The van der Waals surface area contributed by atoms with Crippen molar-refractivity contribution in [2.45, 2.75) is 106 Å². The molecule has 33 heavy (non-hydrogen) atoms. The van der Waals surface area contributed by atoms with Crippen LogP contribution in [0.15, 0.2) is 11.6 Å². The number of carbonyl (C=O) groups excluding carboxylic acids is 2. The molecule has 4 atom stereocenters. The minimum absolute atomic E-state index is 0.0188. The van der Waals surface area contributed by atoms with Gasteiger partial charge in [-0.25, -0.2) is 4.79 Å². The van der Waals surface area contributed by atoms with Gasteiger partial charge in [-0.15, -0.1) is 0 Å². The number of carboxylic acid groups (broad SMARTS) is 1. The number of nitrogens with one attached hydrogen (secondary N) is 1. The van der Waals surface area contributed by atoms with Gasteiger partial charge in [0.25, 0.3) is 0 Å². The molecular weight excluding hydrogens is 418 g/mol. The number of nitrogens with zero attached hydrogens (tertiary/aromatic N) is 2. The first kappa shape index (κ1) is 29.1. The molecule has 0 spiro atoms. The number of carboxylic acids is 1. The van der Waals surface area contributed by atoms with Crippen LogP contribution in [-0.2, 0) is 14.4 Å². The van der Waals surface area contributed by atoms with E-state index in [2.05, 4.69) is 31.0 Å². The fraction of sp³-hybridized carbons (Fsp3) is 0.808. The van der Waals surface area contributed by atoms with E-state index in [9.17, 15) is 19.5 Å². The number of rotatable bonds is 9. The third-order valence-corrected chi connectivity index (χ3v) is 6.97. The normalized spacial score (nSPS) is 21.0. The molecule has 2 N–H and O–H groups in total. The number of piperidine rings is 1. The Morgan fingerprint density at radius 2 is 1.64 bits per heavy atom. The first-order valence-corrected chi connectivity index (χ1v) is 12.3. The van der Waals surface area contributed by atoms with E-state index in [0.717, 1.165) is 25.8 Å². The van der Waals surface area contributed by atoms with Crippen LogP contribution < -0.4 is 5.32 Å². The molecule has 1 heterocycles. The van der Waals surface area contributed by atoms with E-state index < -0.39 is 17.4 Å². The van der Waals surface area contributed by atoms with Crippen LogP contribution in [0.3, 0.4) is 0 Å². The van der Waals surface area contributed by atoms with Crippen LogP contribution in [-0.4, -0.2) is 70.4 Å². The Hall–Kier alpha value is -1.89. The Balaban J connectivity index is 3.18. The summed E-state index contributed by atoms with van der Waals surface area (Å²) >= 11 is 0. The number of likely N-dealkylation sites (N-methyl/N-ethyl adjacent to an activating group) is 1. The highest BCUT2D eigenvalue weighted by atomic mass is 16.4. The SMILES string of the molecule is C/C(=C\[C@H](C(C)C)N(C)C(=O)[C@@H](NC(=O)C1CCCCN1C(C)C(C)C)C(C)(C)C)C(=O)O. The predicted octanol–water partition coefficient (Wildman–Crippen LogP) is 3.93. The van der Waals surface area contributed by atoms with Crippen LogP contribution in [0.1, 0.15) is 81.6 Å².